The van der Waals surface area contributed by atoms with E-state index in [1.807, 2.05) is 20.8 Å². The van der Waals surface area contributed by atoms with Crippen LogP contribution >= 0.6 is 7.82 Å². The number of carbonyl (C=O) groups is 7. The van der Waals surface area contributed by atoms with Crippen LogP contribution in [0.5, 0.6) is 0 Å². The predicted molar refractivity (Wildman–Crippen MR) is 437 cm³/mol. The molecule has 28 nitrogen and oxygen atoms in total. The molecule has 0 bridgehead atoms. The molecule has 4 aliphatic rings. The average Bonchev–Trinajstić information content (AvgIpc) is 1.36. The van der Waals surface area contributed by atoms with Crippen LogP contribution in [0.15, 0.2) is 12.2 Å². The number of ketones is 6. The van der Waals surface area contributed by atoms with Crippen molar-refractivity contribution in [1.29, 1.82) is 0 Å². The van der Waals surface area contributed by atoms with Crippen molar-refractivity contribution >= 4 is 48.4 Å². The summed E-state index contributed by atoms with van der Waals surface area (Å²) in [5.41, 5.74) is 0.00192. The van der Waals surface area contributed by atoms with E-state index in [1.54, 1.807) is 0 Å². The number of β-amino-alcohol motifs (C(OH)–C–C–N with tert-alkyl or cyclic N) is 1. The first kappa shape index (κ1) is 105. The van der Waals surface area contributed by atoms with Gasteiger partial charge in [0.15, 0.2) is 0 Å². The van der Waals surface area contributed by atoms with Crippen LogP contribution in [0.1, 0.15) is 290 Å². The smallest absolute Gasteiger partial charge is 0.396 e. The number of hydrogen-bond acceptors (Lipinski definition) is 26. The highest BCUT2D eigenvalue weighted by Gasteiger charge is 2.45. The molecule has 3 saturated carbocycles. The Kier molecular flexibility index (Phi) is 54.6. The van der Waals surface area contributed by atoms with Crippen molar-refractivity contribution < 1.29 is 132 Å². The highest BCUT2D eigenvalue weighted by molar-refractivity contribution is 7.47. The second kappa shape index (κ2) is 60.3. The van der Waals surface area contributed by atoms with Crippen molar-refractivity contribution in [2.45, 2.75) is 358 Å². The number of ether oxygens (including phenoxy) is 6. The van der Waals surface area contributed by atoms with E-state index in [-0.39, 0.29) is 175 Å². The lowest BCUT2D eigenvalue weighted by Crippen LogP contribution is -2.50. The molecule has 16 unspecified atom stereocenters. The summed E-state index contributed by atoms with van der Waals surface area (Å²) in [6.45, 7) is 10.9. The maximum Gasteiger partial charge on any atom is 0.471 e. The van der Waals surface area contributed by atoms with E-state index in [0.717, 1.165) is 76.9 Å². The van der Waals surface area contributed by atoms with Gasteiger partial charge in [0.25, 0.3) is 0 Å². The number of nitrogens with zero attached hydrogens (tertiary/aromatic N) is 1. The third-order valence-electron chi connectivity index (χ3n) is 24.5. The number of Topliss-reactive ketones (excluding diaryl/α,β-unsaturated/α-hetero) is 6. The lowest BCUT2D eigenvalue weighted by Gasteiger charge is -2.40. The van der Waals surface area contributed by atoms with Crippen molar-refractivity contribution in [2.24, 2.45) is 40.9 Å². The zero-order valence-corrected chi connectivity index (χ0v) is 71.9. The summed E-state index contributed by atoms with van der Waals surface area (Å²) in [7, 11) is -3.18. The van der Waals surface area contributed by atoms with Crippen LogP contribution in [-0.4, -0.2) is 268 Å². The number of hydrogen-bond donors (Lipinski definition) is 11. The van der Waals surface area contributed by atoms with Crippen LogP contribution in [-0.2, 0) is 75.6 Å². The highest BCUT2D eigenvalue weighted by Crippen LogP contribution is 2.43. The minimum atomic E-state index is -4.24. The first-order valence-electron chi connectivity index (χ1n) is 44.3. The second-order valence-corrected chi connectivity index (χ2v) is 35.8. The summed E-state index contributed by atoms with van der Waals surface area (Å²) in [6, 6.07) is -0.530. The zero-order chi connectivity index (χ0) is 85.3. The van der Waals surface area contributed by atoms with E-state index in [4.69, 9.17) is 32.9 Å². The molecule has 674 valence electrons. The summed E-state index contributed by atoms with van der Waals surface area (Å²) in [6.07, 6.45) is 16.6. The molecule has 1 heterocycles. The number of phosphoric acid groups is 1. The van der Waals surface area contributed by atoms with Crippen LogP contribution in [0, 0.1) is 40.9 Å². The van der Waals surface area contributed by atoms with Crippen molar-refractivity contribution in [3.8, 4) is 0 Å². The van der Waals surface area contributed by atoms with E-state index in [2.05, 4.69) is 11.1 Å². The number of likely N-dealkylation sites (tertiary alicyclic amines) is 1. The molecule has 4 rings (SSSR count). The summed E-state index contributed by atoms with van der Waals surface area (Å²) in [4.78, 5) is 103. The van der Waals surface area contributed by atoms with Crippen LogP contribution in [0.25, 0.3) is 0 Å². The van der Waals surface area contributed by atoms with E-state index in [0.29, 0.717) is 200 Å². The van der Waals surface area contributed by atoms with Crippen molar-refractivity contribution in [2.75, 3.05) is 99.5 Å². The molecule has 1 saturated heterocycles. The molecule has 0 spiro atoms. The normalized spacial score (nSPS) is 26.7. The fraction of sp³-hybridized carbons (Fsp3) is 0.897. The molecule has 29 heteroatoms. The molecule has 116 heavy (non-hydrogen) atoms. The molecule has 11 N–H and O–H groups in total. The van der Waals surface area contributed by atoms with Crippen LogP contribution < -0.4 is 0 Å². The van der Waals surface area contributed by atoms with Gasteiger partial charge in [-0.3, -0.25) is 42.6 Å². The van der Waals surface area contributed by atoms with Crippen molar-refractivity contribution in [3.05, 3.63) is 12.2 Å². The van der Waals surface area contributed by atoms with Gasteiger partial charge in [-0.2, -0.15) is 0 Å². The largest absolute Gasteiger partial charge is 0.471 e. The Labute approximate surface area is 691 Å². The molecule has 1 aliphatic heterocycles. The van der Waals surface area contributed by atoms with Gasteiger partial charge in [0.05, 0.1) is 113 Å². The van der Waals surface area contributed by atoms with E-state index in [9.17, 15) is 94.1 Å². The lowest BCUT2D eigenvalue weighted by atomic mass is 9.77. The van der Waals surface area contributed by atoms with Crippen LogP contribution in [0.4, 0.5) is 0 Å². The summed E-state index contributed by atoms with van der Waals surface area (Å²) in [5, 5.41) is 101. The third-order valence-corrected chi connectivity index (χ3v) is 25.4. The number of aliphatic hydroxyl groups is 10. The SMILES string of the molecule is C=C(CCCCCC(=O)CCCCOC1CC(CO)C(O)C(O)C1C)CCOCC(COCCC(=O)CCCCCC(=O)CCCCOC1CC(CO)C(O)C(O)C1C)(COCCC(=O)CCCCCC(=O)CCCCOC1CC(CO)C(O)C(O)C1C)CC(=O)CCCCCCCCCCC(=O)N1C[C@H](O)C[C@H]1COP(=O)(O)OC. The minimum Gasteiger partial charge on any atom is -0.396 e. The fourth-order valence-corrected chi connectivity index (χ4v) is 16.9. The Bertz CT molecular complexity index is 2580. The molecule has 3 aliphatic carbocycles. The maximum absolute atomic E-state index is 14.2. The van der Waals surface area contributed by atoms with Gasteiger partial charge in [-0.15, -0.1) is 0 Å². The predicted octanol–water partition coefficient (Wildman–Crippen LogP) is 9.81. The Morgan fingerprint density at radius 2 is 0.690 bits per heavy atom. The van der Waals surface area contributed by atoms with Gasteiger partial charge in [0, 0.05) is 178 Å². The molecule has 0 aromatic heterocycles. The fourth-order valence-electron chi connectivity index (χ4n) is 16.5. The standard InChI is InChI=1S/C87H154NO27P/c1-62(29-15-12-17-30-70(92)35-23-26-43-112-77-49-66(55-89)84(103)81(100)63(77)2)40-46-109-59-87(53-75(97)38-16-10-8-6-7-9-11-22-39-80(99)88-54-76(98)52-69(88)58-115-116(106,107)108-5,60-110-47-41-73(95)33-20-13-18-31-71(93)36-24-27-44-113-78-50-67(56-90)85(104)82(101)64(78)3)61-111-48-42-74(96)34-21-14-19-32-72(94)37-25-28-45-114-79-51-68(57-91)86(105)83(102)65(79)4/h63-69,76-79,81-86,89-91,98,100-105H,1,6-61H2,2-5H3,(H,106,107)/t63?,64?,65?,66?,67?,68?,69-,76+,77?,78?,79?,81?,82?,83?,84?,85?,86?,87?/m0/s1. The summed E-state index contributed by atoms with van der Waals surface area (Å²) >= 11 is 0. The van der Waals surface area contributed by atoms with E-state index in [1.165, 1.54) is 4.90 Å². The Morgan fingerprint density at radius 1 is 0.388 bits per heavy atom. The van der Waals surface area contributed by atoms with E-state index >= 15 is 0 Å². The molecule has 18 atom stereocenters. The Hall–Kier alpha value is -3.30. The number of aliphatic hydroxyl groups excluding tert-OH is 10. The van der Waals surface area contributed by atoms with Gasteiger partial charge in [0.1, 0.15) is 34.7 Å². The minimum absolute atomic E-state index is 0.000119. The van der Waals surface area contributed by atoms with Gasteiger partial charge < -0.3 is 89.3 Å². The van der Waals surface area contributed by atoms with E-state index < -0.39 is 79.8 Å². The number of rotatable bonds is 71. The van der Waals surface area contributed by atoms with Crippen molar-refractivity contribution in [3.63, 3.8) is 0 Å². The van der Waals surface area contributed by atoms with Gasteiger partial charge in [-0.25, -0.2) is 4.57 Å². The monoisotopic (exact) mass is 1680 g/mol. The number of unbranched alkanes of at least 4 members (excludes halogenated alkanes) is 16. The summed E-state index contributed by atoms with van der Waals surface area (Å²) < 4.78 is 58.5. The van der Waals surface area contributed by atoms with Crippen molar-refractivity contribution in [1.82, 2.24) is 4.90 Å². The zero-order valence-electron chi connectivity index (χ0n) is 71.0. The second-order valence-electron chi connectivity index (χ2n) is 34.3. The molecule has 4 fully saturated rings. The first-order valence-corrected chi connectivity index (χ1v) is 45.8. The van der Waals surface area contributed by atoms with Crippen LogP contribution in [0.3, 0.4) is 0 Å². The molecule has 0 aromatic carbocycles. The van der Waals surface area contributed by atoms with Gasteiger partial charge in [-0.1, -0.05) is 90.7 Å². The lowest BCUT2D eigenvalue weighted by molar-refractivity contribution is -0.144. The number of carbonyl (C=O) groups excluding carboxylic acids is 7. The molecular formula is C87H154NO27P. The molecular weight excluding hydrogens is 1520 g/mol. The summed E-state index contributed by atoms with van der Waals surface area (Å²) in [5.74, 6) is -1.82. The molecule has 1 amide bonds. The first-order chi connectivity index (χ1) is 55.6. The number of amides is 1. The maximum atomic E-state index is 14.2. The van der Waals surface area contributed by atoms with Gasteiger partial charge in [0.2, 0.25) is 5.91 Å². The quantitative estimate of drug-likeness (QED) is 0.0153. The van der Waals surface area contributed by atoms with Gasteiger partial charge in [-0.05, 0) is 128 Å². The Balaban J connectivity index is 1.28. The highest BCUT2D eigenvalue weighted by atomic mass is 31.2. The van der Waals surface area contributed by atoms with Crippen LogP contribution in [0.2, 0.25) is 0 Å². The Morgan fingerprint density at radius 3 is 1.04 bits per heavy atom. The van der Waals surface area contributed by atoms with Gasteiger partial charge >= 0.3 is 7.82 Å². The average molecular weight is 1680 g/mol. The topological polar surface area (TPSA) is 436 Å². The third kappa shape index (κ3) is 42.2. The molecule has 0 aromatic rings. The number of phosphoric ester groups is 1. The molecule has 0 radical (unpaired) electrons.